The predicted molar refractivity (Wildman–Crippen MR) is 88.4 cm³/mol. The standard InChI is InChI=1S/C17H34O2Si/c1-8-13(2)15-11-14(9-10-16(15)18)12-19-20(6,7)17(3,4)5/h13-15H,8-12H2,1-7H3/t13-,14-,15-/m0/s1. The van der Waals surface area contributed by atoms with Gasteiger partial charge in [0.2, 0.25) is 0 Å². The molecular weight excluding hydrogens is 264 g/mol. The number of carbonyl (C=O) groups excluding carboxylic acids is 1. The summed E-state index contributed by atoms with van der Waals surface area (Å²) in [6.07, 6.45) is 3.94. The summed E-state index contributed by atoms with van der Waals surface area (Å²) >= 11 is 0. The van der Waals surface area contributed by atoms with Crippen molar-refractivity contribution >= 4 is 14.1 Å². The summed E-state index contributed by atoms with van der Waals surface area (Å²) in [7, 11) is -1.65. The van der Waals surface area contributed by atoms with Gasteiger partial charge in [0.05, 0.1) is 0 Å². The quantitative estimate of drug-likeness (QED) is 0.665. The third-order valence-electron chi connectivity index (χ3n) is 5.62. The van der Waals surface area contributed by atoms with E-state index in [9.17, 15) is 4.79 Å². The summed E-state index contributed by atoms with van der Waals surface area (Å²) in [4.78, 5) is 12.1. The molecule has 0 spiro atoms. The fourth-order valence-electron chi connectivity index (χ4n) is 2.67. The van der Waals surface area contributed by atoms with Crippen LogP contribution >= 0.6 is 0 Å². The van der Waals surface area contributed by atoms with Gasteiger partial charge in [-0.25, -0.2) is 0 Å². The maximum absolute atomic E-state index is 12.1. The van der Waals surface area contributed by atoms with E-state index in [1.165, 1.54) is 0 Å². The first kappa shape index (κ1) is 17.9. The Hall–Kier alpha value is -0.153. The van der Waals surface area contributed by atoms with Crippen molar-refractivity contribution in [1.29, 1.82) is 0 Å². The van der Waals surface area contributed by atoms with Gasteiger partial charge >= 0.3 is 0 Å². The molecule has 0 aromatic rings. The zero-order chi connectivity index (χ0) is 15.6. The van der Waals surface area contributed by atoms with Crippen molar-refractivity contribution in [3.8, 4) is 0 Å². The summed E-state index contributed by atoms with van der Waals surface area (Å²) in [6, 6.07) is 0. The molecule has 1 aliphatic carbocycles. The molecule has 0 saturated heterocycles. The molecule has 1 saturated carbocycles. The van der Waals surface area contributed by atoms with Gasteiger partial charge in [0.1, 0.15) is 5.78 Å². The van der Waals surface area contributed by atoms with E-state index in [1.54, 1.807) is 0 Å². The monoisotopic (exact) mass is 298 g/mol. The molecular formula is C17H34O2Si. The lowest BCUT2D eigenvalue weighted by atomic mass is 9.74. The molecule has 1 aliphatic rings. The Morgan fingerprint density at radius 1 is 1.35 bits per heavy atom. The van der Waals surface area contributed by atoms with Crippen molar-refractivity contribution in [3.05, 3.63) is 0 Å². The first-order valence-electron chi connectivity index (χ1n) is 8.25. The fourth-order valence-corrected chi connectivity index (χ4v) is 3.75. The van der Waals surface area contributed by atoms with Gasteiger partial charge < -0.3 is 4.43 Å². The van der Waals surface area contributed by atoms with Gasteiger partial charge in [-0.2, -0.15) is 0 Å². The zero-order valence-corrected chi connectivity index (χ0v) is 15.6. The van der Waals surface area contributed by atoms with Crippen molar-refractivity contribution < 1.29 is 9.22 Å². The summed E-state index contributed by atoms with van der Waals surface area (Å²) in [5.41, 5.74) is 0. The maximum atomic E-state index is 12.1. The highest BCUT2D eigenvalue weighted by Crippen LogP contribution is 2.38. The van der Waals surface area contributed by atoms with E-state index in [1.807, 2.05) is 0 Å². The molecule has 0 aliphatic heterocycles. The van der Waals surface area contributed by atoms with Crippen molar-refractivity contribution in [1.82, 2.24) is 0 Å². The lowest BCUT2D eigenvalue weighted by Crippen LogP contribution is -2.43. The highest BCUT2D eigenvalue weighted by Gasteiger charge is 2.39. The van der Waals surface area contributed by atoms with Crippen molar-refractivity contribution in [2.24, 2.45) is 17.8 Å². The number of hydrogen-bond donors (Lipinski definition) is 0. The van der Waals surface area contributed by atoms with Gasteiger partial charge in [-0.15, -0.1) is 0 Å². The van der Waals surface area contributed by atoms with E-state index in [2.05, 4.69) is 47.7 Å². The largest absolute Gasteiger partial charge is 0.417 e. The SMILES string of the molecule is CC[C@H](C)[C@@H]1C[C@@H](CO[Si](C)(C)C(C)(C)C)CCC1=O. The molecule has 1 fully saturated rings. The maximum Gasteiger partial charge on any atom is 0.191 e. The van der Waals surface area contributed by atoms with Gasteiger partial charge in [0.25, 0.3) is 0 Å². The van der Waals surface area contributed by atoms with Gasteiger partial charge in [-0.1, -0.05) is 41.0 Å². The summed E-state index contributed by atoms with van der Waals surface area (Å²) in [5.74, 6) is 1.88. The number of ketones is 1. The third-order valence-corrected chi connectivity index (χ3v) is 10.1. The van der Waals surface area contributed by atoms with Crippen LogP contribution in [0.3, 0.4) is 0 Å². The zero-order valence-electron chi connectivity index (χ0n) is 14.6. The lowest BCUT2D eigenvalue weighted by molar-refractivity contribution is -0.127. The number of rotatable bonds is 5. The lowest BCUT2D eigenvalue weighted by Gasteiger charge is -2.39. The van der Waals surface area contributed by atoms with Gasteiger partial charge in [-0.05, 0) is 42.8 Å². The van der Waals surface area contributed by atoms with Crippen LogP contribution in [0.4, 0.5) is 0 Å². The molecule has 1 rings (SSSR count). The highest BCUT2D eigenvalue weighted by atomic mass is 28.4. The molecule has 0 bridgehead atoms. The Balaban J connectivity index is 2.56. The first-order chi connectivity index (χ1) is 9.08. The normalized spacial score (nSPS) is 26.6. The van der Waals surface area contributed by atoms with E-state index in [4.69, 9.17) is 4.43 Å². The molecule has 118 valence electrons. The minimum Gasteiger partial charge on any atom is -0.417 e. The molecule has 0 aromatic heterocycles. The van der Waals surface area contributed by atoms with E-state index < -0.39 is 8.32 Å². The summed E-state index contributed by atoms with van der Waals surface area (Å²) in [6.45, 7) is 16.7. The van der Waals surface area contributed by atoms with Crippen molar-refractivity contribution in [3.63, 3.8) is 0 Å². The van der Waals surface area contributed by atoms with Crippen LogP contribution in [0, 0.1) is 17.8 Å². The highest BCUT2D eigenvalue weighted by molar-refractivity contribution is 6.74. The predicted octanol–water partition coefficient (Wildman–Crippen LogP) is 5.04. The second kappa shape index (κ2) is 6.74. The van der Waals surface area contributed by atoms with Gasteiger partial charge in [0, 0.05) is 18.9 Å². The van der Waals surface area contributed by atoms with Gasteiger partial charge in [-0.3, -0.25) is 4.79 Å². The van der Waals surface area contributed by atoms with Crippen LogP contribution in [0.15, 0.2) is 0 Å². The van der Waals surface area contributed by atoms with Crippen LogP contribution < -0.4 is 0 Å². The average Bonchev–Trinajstić information content (AvgIpc) is 2.35. The number of hydrogen-bond acceptors (Lipinski definition) is 2. The van der Waals surface area contributed by atoms with Crippen LogP contribution in [0.5, 0.6) is 0 Å². The fraction of sp³-hybridized carbons (Fsp3) is 0.941. The second-order valence-corrected chi connectivity index (χ2v) is 13.0. The van der Waals surface area contributed by atoms with E-state index in [-0.39, 0.29) is 11.0 Å². The van der Waals surface area contributed by atoms with Crippen LogP contribution in [0.25, 0.3) is 0 Å². The van der Waals surface area contributed by atoms with E-state index in [0.717, 1.165) is 32.3 Å². The van der Waals surface area contributed by atoms with Crippen LogP contribution in [-0.4, -0.2) is 20.7 Å². The Labute approximate surface area is 126 Å². The minimum atomic E-state index is -1.65. The smallest absolute Gasteiger partial charge is 0.191 e. The molecule has 20 heavy (non-hydrogen) atoms. The molecule has 3 atom stereocenters. The van der Waals surface area contributed by atoms with Crippen LogP contribution in [0.1, 0.15) is 60.3 Å². The molecule has 0 heterocycles. The van der Waals surface area contributed by atoms with E-state index in [0.29, 0.717) is 17.6 Å². The van der Waals surface area contributed by atoms with Crippen molar-refractivity contribution in [2.45, 2.75) is 78.4 Å². The molecule has 2 nitrogen and oxygen atoms in total. The van der Waals surface area contributed by atoms with Crippen LogP contribution in [-0.2, 0) is 9.22 Å². The van der Waals surface area contributed by atoms with Gasteiger partial charge in [0.15, 0.2) is 8.32 Å². The molecule has 0 N–H and O–H groups in total. The Kier molecular flexibility index (Phi) is 6.03. The Morgan fingerprint density at radius 3 is 2.45 bits per heavy atom. The molecule has 0 unspecified atom stereocenters. The Bertz CT molecular complexity index is 330. The van der Waals surface area contributed by atoms with Crippen LogP contribution in [0.2, 0.25) is 18.1 Å². The Morgan fingerprint density at radius 2 is 1.95 bits per heavy atom. The third kappa shape index (κ3) is 4.42. The molecule has 0 radical (unpaired) electrons. The topological polar surface area (TPSA) is 26.3 Å². The average molecular weight is 299 g/mol. The minimum absolute atomic E-state index is 0.271. The number of Topliss-reactive ketones (excluding diaryl/α,β-unsaturated/α-hetero) is 1. The molecule has 0 aromatic carbocycles. The summed E-state index contributed by atoms with van der Waals surface area (Å²) in [5, 5.41) is 0.271. The van der Waals surface area contributed by atoms with Crippen molar-refractivity contribution in [2.75, 3.05) is 6.61 Å². The second-order valence-electron chi connectivity index (χ2n) is 8.17. The summed E-state index contributed by atoms with van der Waals surface area (Å²) < 4.78 is 6.36. The van der Waals surface area contributed by atoms with E-state index >= 15 is 0 Å². The first-order valence-corrected chi connectivity index (χ1v) is 11.2. The number of carbonyl (C=O) groups is 1. The molecule has 0 amide bonds. The molecule has 3 heteroatoms.